The van der Waals surface area contributed by atoms with Crippen molar-refractivity contribution in [3.8, 4) is 0 Å². The molecule has 0 unspecified atom stereocenters. The van der Waals surface area contributed by atoms with Gasteiger partial charge in [0.1, 0.15) is 0 Å². The lowest BCUT2D eigenvalue weighted by Crippen LogP contribution is -2.17. The zero-order valence-corrected chi connectivity index (χ0v) is 13.5. The van der Waals surface area contributed by atoms with E-state index < -0.39 is 16.0 Å². The molecule has 0 bridgehead atoms. The average molecular weight is 375 g/mol. The van der Waals surface area contributed by atoms with Crippen LogP contribution in [0.25, 0.3) is 0 Å². The molecule has 0 atom stereocenters. The maximum absolute atomic E-state index is 12.2. The number of benzene rings is 1. The number of aromatic nitrogens is 3. The Kier molecular flexibility index (Phi) is 4.28. The zero-order chi connectivity index (χ0) is 15.6. The monoisotopic (exact) mass is 374 g/mol. The number of nitrogens with zero attached hydrogens (tertiary/aromatic N) is 3. The van der Waals surface area contributed by atoms with E-state index in [4.69, 9.17) is 0 Å². The molecule has 0 saturated carbocycles. The molecule has 0 saturated heterocycles. The Hall–Kier alpha value is -1.94. The summed E-state index contributed by atoms with van der Waals surface area (Å²) in [7, 11) is -1.11. The number of esters is 1. The Morgan fingerprint density at radius 3 is 2.43 bits per heavy atom. The Morgan fingerprint density at radius 2 is 1.95 bits per heavy atom. The summed E-state index contributed by atoms with van der Waals surface area (Å²) in [6, 6.07) is 5.84. The van der Waals surface area contributed by atoms with E-state index in [0.29, 0.717) is 11.3 Å². The van der Waals surface area contributed by atoms with Gasteiger partial charge in [-0.2, -0.15) is 8.42 Å². The molecule has 21 heavy (non-hydrogen) atoms. The van der Waals surface area contributed by atoms with Crippen LogP contribution in [0.15, 0.2) is 33.9 Å². The van der Waals surface area contributed by atoms with Crippen LogP contribution in [0.1, 0.15) is 10.4 Å². The lowest BCUT2D eigenvalue weighted by molar-refractivity contribution is 0.0601. The molecule has 2 aromatic rings. The van der Waals surface area contributed by atoms with Crippen molar-refractivity contribution in [3.05, 3.63) is 34.4 Å². The van der Waals surface area contributed by atoms with Crippen LogP contribution in [0.5, 0.6) is 0 Å². The molecule has 0 amide bonds. The van der Waals surface area contributed by atoms with E-state index in [9.17, 15) is 13.2 Å². The van der Waals surface area contributed by atoms with Gasteiger partial charge < -0.3 is 4.74 Å². The summed E-state index contributed by atoms with van der Waals surface area (Å²) in [5.41, 5.74) is 0.625. The minimum absolute atomic E-state index is 0.0976. The predicted molar refractivity (Wildman–Crippen MR) is 77.3 cm³/mol. The van der Waals surface area contributed by atoms with Gasteiger partial charge in [0, 0.05) is 12.7 Å². The zero-order valence-electron chi connectivity index (χ0n) is 11.1. The fourth-order valence-corrected chi connectivity index (χ4v) is 3.76. The van der Waals surface area contributed by atoms with Gasteiger partial charge in [0.25, 0.3) is 10.0 Å². The predicted octanol–water partition coefficient (Wildman–Crippen LogP) is 1.16. The van der Waals surface area contributed by atoms with Gasteiger partial charge in [-0.15, -0.1) is 5.10 Å². The third-order valence-corrected chi connectivity index (χ3v) is 4.82. The van der Waals surface area contributed by atoms with Gasteiger partial charge in [0.2, 0.25) is 5.03 Å². The van der Waals surface area contributed by atoms with E-state index in [1.54, 1.807) is 0 Å². The highest BCUT2D eigenvalue weighted by molar-refractivity contribution is 9.10. The van der Waals surface area contributed by atoms with Crippen molar-refractivity contribution in [2.75, 3.05) is 11.8 Å². The molecule has 10 heteroatoms. The van der Waals surface area contributed by atoms with Crippen molar-refractivity contribution >= 4 is 37.6 Å². The van der Waals surface area contributed by atoms with Gasteiger partial charge >= 0.3 is 5.97 Å². The number of anilines is 1. The molecule has 1 aromatic heterocycles. The highest BCUT2D eigenvalue weighted by atomic mass is 79.9. The summed E-state index contributed by atoms with van der Waals surface area (Å²) in [5, 5.41) is 7.14. The molecule has 0 spiro atoms. The summed E-state index contributed by atoms with van der Waals surface area (Å²) in [5.74, 6) is -0.497. The Bertz CT molecular complexity index is 751. The number of sulfonamides is 1. The Morgan fingerprint density at radius 1 is 1.33 bits per heavy atom. The topological polar surface area (TPSA) is 103 Å². The third kappa shape index (κ3) is 3.22. The van der Waals surface area contributed by atoms with Crippen molar-refractivity contribution in [1.29, 1.82) is 0 Å². The second-order valence-corrected chi connectivity index (χ2v) is 6.33. The van der Waals surface area contributed by atoms with E-state index in [0.717, 1.165) is 4.68 Å². The number of methoxy groups -OCH3 is 1. The molecule has 0 radical (unpaired) electrons. The first kappa shape index (κ1) is 15.4. The summed E-state index contributed by atoms with van der Waals surface area (Å²) in [6.07, 6.45) is 0. The molecular weight excluding hydrogens is 364 g/mol. The van der Waals surface area contributed by atoms with Gasteiger partial charge in [-0.3, -0.25) is 4.72 Å². The number of halogens is 1. The standard InChI is InChI=1S/C11H11BrN4O4S/c1-16-10(9(12)13-15-16)21(18,19)14-8-5-3-7(4-6-8)11(17)20-2/h3-6,14H,1-2H3. The summed E-state index contributed by atoms with van der Waals surface area (Å²) >= 11 is 3.03. The Balaban J connectivity index is 2.27. The average Bonchev–Trinajstić information content (AvgIpc) is 2.78. The maximum atomic E-state index is 12.2. The number of rotatable bonds is 4. The number of ether oxygens (including phenoxy) is 1. The lowest BCUT2D eigenvalue weighted by atomic mass is 10.2. The fourth-order valence-electron chi connectivity index (χ4n) is 1.60. The number of nitrogens with one attached hydrogen (secondary N) is 1. The fraction of sp³-hybridized carbons (Fsp3) is 0.182. The van der Waals surface area contributed by atoms with E-state index in [1.165, 1.54) is 38.4 Å². The second kappa shape index (κ2) is 5.82. The molecule has 2 rings (SSSR count). The first-order valence-corrected chi connectivity index (χ1v) is 7.89. The van der Waals surface area contributed by atoms with Crippen LogP contribution in [0.4, 0.5) is 5.69 Å². The highest BCUT2D eigenvalue weighted by Crippen LogP contribution is 2.21. The normalized spacial score (nSPS) is 11.2. The minimum atomic E-state index is -3.85. The molecule has 1 N–H and O–H groups in total. The van der Waals surface area contributed by atoms with E-state index >= 15 is 0 Å². The van der Waals surface area contributed by atoms with Crippen LogP contribution in [-0.4, -0.2) is 36.5 Å². The van der Waals surface area contributed by atoms with Crippen LogP contribution in [0.3, 0.4) is 0 Å². The van der Waals surface area contributed by atoms with Crippen molar-refractivity contribution in [1.82, 2.24) is 15.0 Å². The van der Waals surface area contributed by atoms with Crippen LogP contribution in [-0.2, 0) is 21.8 Å². The Labute approximate surface area is 129 Å². The van der Waals surface area contributed by atoms with Gasteiger partial charge in [0.05, 0.1) is 12.7 Å². The molecule has 1 aromatic carbocycles. The quantitative estimate of drug-likeness (QED) is 0.805. The summed E-state index contributed by atoms with van der Waals surface area (Å²) in [6.45, 7) is 0. The van der Waals surface area contributed by atoms with E-state index in [1.807, 2.05) is 0 Å². The van der Waals surface area contributed by atoms with Gasteiger partial charge in [0.15, 0.2) is 4.60 Å². The molecule has 0 aliphatic carbocycles. The largest absolute Gasteiger partial charge is 0.465 e. The van der Waals surface area contributed by atoms with Crippen LogP contribution < -0.4 is 4.72 Å². The maximum Gasteiger partial charge on any atom is 0.337 e. The number of aryl methyl sites for hydroxylation is 1. The van der Waals surface area contributed by atoms with Crippen LogP contribution >= 0.6 is 15.9 Å². The molecular formula is C11H11BrN4O4S. The number of carbonyl (C=O) groups excluding carboxylic acids is 1. The number of hydrogen-bond acceptors (Lipinski definition) is 6. The van der Waals surface area contributed by atoms with Gasteiger partial charge in [-0.1, -0.05) is 5.21 Å². The smallest absolute Gasteiger partial charge is 0.337 e. The number of hydrogen-bond donors (Lipinski definition) is 1. The van der Waals surface area contributed by atoms with Crippen LogP contribution in [0.2, 0.25) is 0 Å². The second-order valence-electron chi connectivity index (χ2n) is 3.98. The van der Waals surface area contributed by atoms with Crippen molar-refractivity contribution in [2.24, 2.45) is 7.05 Å². The summed E-state index contributed by atoms with van der Waals surface area (Å²) in [4.78, 5) is 11.3. The lowest BCUT2D eigenvalue weighted by Gasteiger charge is -2.08. The first-order chi connectivity index (χ1) is 9.85. The molecule has 0 aliphatic rings. The van der Waals surface area contributed by atoms with E-state index in [2.05, 4.69) is 35.7 Å². The van der Waals surface area contributed by atoms with Gasteiger partial charge in [-0.25, -0.2) is 9.48 Å². The molecule has 0 fully saturated rings. The van der Waals surface area contributed by atoms with E-state index in [-0.39, 0.29) is 9.63 Å². The first-order valence-electron chi connectivity index (χ1n) is 5.61. The minimum Gasteiger partial charge on any atom is -0.465 e. The van der Waals surface area contributed by atoms with Crippen LogP contribution in [0, 0.1) is 0 Å². The third-order valence-electron chi connectivity index (χ3n) is 2.55. The summed E-state index contributed by atoms with van der Waals surface area (Å²) < 4.78 is 32.7. The SMILES string of the molecule is COC(=O)c1ccc(NS(=O)(=O)c2c(Br)nnn2C)cc1. The van der Waals surface area contributed by atoms with Crippen molar-refractivity contribution < 1.29 is 17.9 Å². The molecule has 8 nitrogen and oxygen atoms in total. The van der Waals surface area contributed by atoms with Gasteiger partial charge in [-0.05, 0) is 40.2 Å². The van der Waals surface area contributed by atoms with Crippen molar-refractivity contribution in [2.45, 2.75) is 5.03 Å². The number of carbonyl (C=O) groups is 1. The van der Waals surface area contributed by atoms with Crippen molar-refractivity contribution in [3.63, 3.8) is 0 Å². The molecule has 1 heterocycles. The molecule has 112 valence electrons. The highest BCUT2D eigenvalue weighted by Gasteiger charge is 2.24. The molecule has 0 aliphatic heterocycles.